The number of nitrogens with zero attached hydrogens (tertiary/aromatic N) is 2. The zero-order chi connectivity index (χ0) is 24.7. The highest BCUT2D eigenvalue weighted by atomic mass is 32.2. The van der Waals surface area contributed by atoms with Crippen molar-refractivity contribution in [1.29, 1.82) is 0 Å². The summed E-state index contributed by atoms with van der Waals surface area (Å²) in [6.45, 7) is 5.75. The lowest BCUT2D eigenvalue weighted by molar-refractivity contribution is 0.356. The fourth-order valence-corrected chi connectivity index (χ4v) is 5.36. The molecule has 0 saturated heterocycles. The second-order valence-electron chi connectivity index (χ2n) is 8.07. The maximum absolute atomic E-state index is 13.9. The molecule has 1 aromatic heterocycles. The SMILES string of the molecule is CCCCN(CCCC)c1c(S(=O)(=O)c2ccc(OC)cc2)cnc2cc(OC)c(OC)cc12. The Morgan fingerprint density at radius 2 is 1.44 bits per heavy atom. The van der Waals surface area contributed by atoms with E-state index in [2.05, 4.69) is 23.7 Å². The molecule has 0 spiro atoms. The molecule has 0 N–H and O–H groups in total. The van der Waals surface area contributed by atoms with Crippen LogP contribution < -0.4 is 19.1 Å². The number of hydrogen-bond acceptors (Lipinski definition) is 7. The van der Waals surface area contributed by atoms with Gasteiger partial charge in [0.05, 0.1) is 37.4 Å². The molecule has 0 fully saturated rings. The maximum atomic E-state index is 13.9. The fourth-order valence-electron chi connectivity index (χ4n) is 3.92. The molecular weight excluding hydrogens is 452 g/mol. The van der Waals surface area contributed by atoms with Crippen molar-refractivity contribution in [2.24, 2.45) is 0 Å². The van der Waals surface area contributed by atoms with Crippen LogP contribution in [0.15, 0.2) is 52.4 Å². The minimum absolute atomic E-state index is 0.185. The summed E-state index contributed by atoms with van der Waals surface area (Å²) in [6, 6.07) is 10.1. The Morgan fingerprint density at radius 3 is 1.97 bits per heavy atom. The van der Waals surface area contributed by atoms with Crippen molar-refractivity contribution in [3.63, 3.8) is 0 Å². The molecule has 0 bridgehead atoms. The Labute approximate surface area is 202 Å². The van der Waals surface area contributed by atoms with Crippen LogP contribution >= 0.6 is 0 Å². The summed E-state index contributed by atoms with van der Waals surface area (Å²) in [4.78, 5) is 7.09. The van der Waals surface area contributed by atoms with E-state index in [1.165, 1.54) is 6.20 Å². The molecule has 2 aromatic carbocycles. The van der Waals surface area contributed by atoms with Crippen molar-refractivity contribution in [2.45, 2.75) is 49.3 Å². The van der Waals surface area contributed by atoms with Gasteiger partial charge in [-0.2, -0.15) is 0 Å². The highest BCUT2D eigenvalue weighted by Gasteiger charge is 2.27. The first-order valence-electron chi connectivity index (χ1n) is 11.6. The first-order chi connectivity index (χ1) is 16.4. The molecule has 1 heterocycles. The van der Waals surface area contributed by atoms with Crippen molar-refractivity contribution < 1.29 is 22.6 Å². The van der Waals surface area contributed by atoms with Gasteiger partial charge in [-0.15, -0.1) is 0 Å². The molecule has 34 heavy (non-hydrogen) atoms. The Kier molecular flexibility index (Phi) is 8.61. The molecule has 7 nitrogen and oxygen atoms in total. The monoisotopic (exact) mass is 486 g/mol. The standard InChI is InChI=1S/C26H34N2O5S/c1-6-8-14-28(15-9-7-2)26-21-16-23(32-4)24(33-5)17-22(21)27-18-25(26)34(29,30)20-12-10-19(31-3)11-13-20/h10-13,16-18H,6-9,14-15H2,1-5H3. The van der Waals surface area contributed by atoms with Crippen LogP contribution in [0.4, 0.5) is 5.69 Å². The summed E-state index contributed by atoms with van der Waals surface area (Å²) in [6.07, 6.45) is 5.37. The fraction of sp³-hybridized carbons (Fsp3) is 0.423. The average Bonchev–Trinajstić information content (AvgIpc) is 2.87. The minimum Gasteiger partial charge on any atom is -0.497 e. The van der Waals surface area contributed by atoms with Crippen LogP contribution in [0.25, 0.3) is 10.9 Å². The van der Waals surface area contributed by atoms with Crippen molar-refractivity contribution in [2.75, 3.05) is 39.3 Å². The predicted molar refractivity (Wildman–Crippen MR) is 135 cm³/mol. The van der Waals surface area contributed by atoms with E-state index in [9.17, 15) is 8.42 Å². The highest BCUT2D eigenvalue weighted by molar-refractivity contribution is 7.91. The number of pyridine rings is 1. The van der Waals surface area contributed by atoms with E-state index in [0.717, 1.165) is 44.2 Å². The number of methoxy groups -OCH3 is 3. The highest BCUT2D eigenvalue weighted by Crippen LogP contribution is 2.41. The van der Waals surface area contributed by atoms with Crippen LogP contribution in [0.1, 0.15) is 39.5 Å². The number of hydrogen-bond donors (Lipinski definition) is 0. The second-order valence-corrected chi connectivity index (χ2v) is 9.99. The Morgan fingerprint density at radius 1 is 0.853 bits per heavy atom. The van der Waals surface area contributed by atoms with Gasteiger partial charge in [-0.05, 0) is 43.2 Å². The van der Waals surface area contributed by atoms with E-state index in [1.54, 1.807) is 51.7 Å². The smallest absolute Gasteiger partial charge is 0.210 e. The molecule has 0 amide bonds. The van der Waals surface area contributed by atoms with Gasteiger partial charge in [0, 0.05) is 30.7 Å². The second kappa shape index (κ2) is 11.4. The predicted octanol–water partition coefficient (Wildman–Crippen LogP) is 5.50. The summed E-state index contributed by atoms with van der Waals surface area (Å²) in [5, 5.41) is 0.722. The Balaban J connectivity index is 2.31. The van der Waals surface area contributed by atoms with Gasteiger partial charge < -0.3 is 19.1 Å². The van der Waals surface area contributed by atoms with Crippen LogP contribution in [-0.4, -0.2) is 47.8 Å². The first-order valence-corrected chi connectivity index (χ1v) is 13.1. The summed E-state index contributed by atoms with van der Waals surface area (Å²) < 4.78 is 43.9. The molecule has 0 aliphatic carbocycles. The van der Waals surface area contributed by atoms with E-state index < -0.39 is 9.84 Å². The van der Waals surface area contributed by atoms with E-state index in [-0.39, 0.29) is 9.79 Å². The van der Waals surface area contributed by atoms with Crippen LogP contribution in [0.2, 0.25) is 0 Å². The minimum atomic E-state index is -3.85. The van der Waals surface area contributed by atoms with E-state index in [1.807, 2.05) is 6.07 Å². The van der Waals surface area contributed by atoms with Crippen LogP contribution in [0.5, 0.6) is 17.2 Å². The molecule has 3 aromatic rings. The number of benzene rings is 2. The van der Waals surface area contributed by atoms with Gasteiger partial charge >= 0.3 is 0 Å². The third kappa shape index (κ3) is 5.22. The molecular formula is C26H34N2O5S. The van der Waals surface area contributed by atoms with Crippen molar-refractivity contribution in [1.82, 2.24) is 4.98 Å². The number of fused-ring (bicyclic) bond motifs is 1. The van der Waals surface area contributed by atoms with Gasteiger partial charge in [0.2, 0.25) is 9.84 Å². The molecule has 3 rings (SSSR count). The number of ether oxygens (including phenoxy) is 3. The number of unbranched alkanes of at least 4 members (excludes halogenated alkanes) is 2. The zero-order valence-corrected chi connectivity index (χ0v) is 21.4. The number of anilines is 1. The molecule has 0 radical (unpaired) electrons. The zero-order valence-electron chi connectivity index (χ0n) is 20.6. The lowest BCUT2D eigenvalue weighted by Gasteiger charge is -2.28. The van der Waals surface area contributed by atoms with Gasteiger partial charge in [0.1, 0.15) is 10.6 Å². The van der Waals surface area contributed by atoms with E-state index in [4.69, 9.17) is 14.2 Å². The molecule has 0 aliphatic rings. The van der Waals surface area contributed by atoms with Crippen LogP contribution in [0, 0.1) is 0 Å². The average molecular weight is 487 g/mol. The molecule has 0 saturated carbocycles. The largest absolute Gasteiger partial charge is 0.497 e. The molecule has 184 valence electrons. The summed E-state index contributed by atoms with van der Waals surface area (Å²) in [5.74, 6) is 1.68. The van der Waals surface area contributed by atoms with Gasteiger partial charge in [0.25, 0.3) is 0 Å². The van der Waals surface area contributed by atoms with Crippen molar-refractivity contribution >= 4 is 26.4 Å². The summed E-state index contributed by atoms with van der Waals surface area (Å²) in [5.41, 5.74) is 1.31. The molecule has 0 aliphatic heterocycles. The van der Waals surface area contributed by atoms with Gasteiger partial charge in [-0.3, -0.25) is 4.98 Å². The lowest BCUT2D eigenvalue weighted by atomic mass is 10.1. The van der Waals surface area contributed by atoms with E-state index in [0.29, 0.717) is 28.5 Å². The normalized spacial score (nSPS) is 11.4. The third-order valence-electron chi connectivity index (χ3n) is 5.85. The third-order valence-corrected chi connectivity index (χ3v) is 7.62. The molecule has 0 unspecified atom stereocenters. The maximum Gasteiger partial charge on any atom is 0.210 e. The summed E-state index contributed by atoms with van der Waals surface area (Å²) in [7, 11) is 0.845. The van der Waals surface area contributed by atoms with Crippen molar-refractivity contribution in [3.8, 4) is 17.2 Å². The number of rotatable bonds is 12. The molecule has 8 heteroatoms. The lowest BCUT2D eigenvalue weighted by Crippen LogP contribution is -2.28. The van der Waals surface area contributed by atoms with Gasteiger partial charge in [-0.1, -0.05) is 26.7 Å². The van der Waals surface area contributed by atoms with E-state index >= 15 is 0 Å². The van der Waals surface area contributed by atoms with Crippen LogP contribution in [0.3, 0.4) is 0 Å². The van der Waals surface area contributed by atoms with Gasteiger partial charge in [-0.25, -0.2) is 8.42 Å². The van der Waals surface area contributed by atoms with Gasteiger partial charge in [0.15, 0.2) is 11.5 Å². The topological polar surface area (TPSA) is 78.0 Å². The number of sulfone groups is 1. The number of aromatic nitrogens is 1. The molecule has 0 atom stereocenters. The van der Waals surface area contributed by atoms with Crippen LogP contribution in [-0.2, 0) is 9.84 Å². The summed E-state index contributed by atoms with van der Waals surface area (Å²) >= 11 is 0. The quantitative estimate of drug-likeness (QED) is 0.334. The Bertz CT molecular complexity index is 1200. The Hall–Kier alpha value is -3.00. The van der Waals surface area contributed by atoms with Crippen molar-refractivity contribution in [3.05, 3.63) is 42.6 Å². The first kappa shape index (κ1) is 25.6.